The minimum Gasteiger partial charge on any atom is -0.394 e. The number of aromatic nitrogens is 1. The van der Waals surface area contributed by atoms with Crippen molar-refractivity contribution in [3.8, 4) is 0 Å². The van der Waals surface area contributed by atoms with Gasteiger partial charge >= 0.3 is 6.03 Å². The topological polar surface area (TPSA) is 115 Å². The second-order valence-electron chi connectivity index (χ2n) is 7.74. The van der Waals surface area contributed by atoms with E-state index in [0.29, 0.717) is 6.42 Å². The van der Waals surface area contributed by atoms with Crippen LogP contribution in [0, 0.1) is 5.92 Å². The van der Waals surface area contributed by atoms with Crippen molar-refractivity contribution < 1.29 is 19.5 Å². The van der Waals surface area contributed by atoms with Gasteiger partial charge in [-0.1, -0.05) is 32.0 Å². The molecule has 0 radical (unpaired) electrons. The Morgan fingerprint density at radius 2 is 2.03 bits per heavy atom. The third-order valence-electron chi connectivity index (χ3n) is 5.39. The quantitative estimate of drug-likeness (QED) is 0.478. The number of fused-ring (bicyclic) bond motifs is 1. The van der Waals surface area contributed by atoms with Gasteiger partial charge in [0.15, 0.2) is 0 Å². The summed E-state index contributed by atoms with van der Waals surface area (Å²) >= 11 is 0. The van der Waals surface area contributed by atoms with Gasteiger partial charge in [0.2, 0.25) is 5.91 Å². The van der Waals surface area contributed by atoms with Crippen LogP contribution in [0.5, 0.6) is 0 Å². The van der Waals surface area contributed by atoms with Crippen LogP contribution in [0.15, 0.2) is 30.5 Å². The molecule has 4 N–H and O–H groups in total. The lowest BCUT2D eigenvalue weighted by Crippen LogP contribution is -2.42. The molecule has 2 aromatic rings. The highest BCUT2D eigenvalue weighted by atomic mass is 16.3. The van der Waals surface area contributed by atoms with Crippen molar-refractivity contribution in [1.29, 1.82) is 0 Å². The van der Waals surface area contributed by atoms with E-state index < -0.39 is 12.1 Å². The molecule has 2 atom stereocenters. The number of aliphatic hydroxyl groups excluding tert-OH is 1. The maximum atomic E-state index is 12.6. The number of carbonyl (C=O) groups excluding carboxylic acids is 3. The average Bonchev–Trinajstić information content (AvgIpc) is 3.23. The fourth-order valence-corrected chi connectivity index (χ4v) is 3.53. The van der Waals surface area contributed by atoms with Crippen LogP contribution in [-0.2, 0) is 16.0 Å². The van der Waals surface area contributed by atoms with E-state index in [1.165, 1.54) is 4.90 Å². The molecule has 3 rings (SSSR count). The van der Waals surface area contributed by atoms with Crippen molar-refractivity contribution in [2.45, 2.75) is 45.2 Å². The highest BCUT2D eigenvalue weighted by Gasteiger charge is 2.37. The van der Waals surface area contributed by atoms with Crippen molar-refractivity contribution in [3.05, 3.63) is 36.0 Å². The van der Waals surface area contributed by atoms with Gasteiger partial charge in [-0.3, -0.25) is 14.5 Å². The molecule has 1 aliphatic rings. The fourth-order valence-electron chi connectivity index (χ4n) is 3.53. The number of nitrogens with one attached hydrogen (secondary N) is 3. The second-order valence-corrected chi connectivity index (χ2v) is 7.74. The van der Waals surface area contributed by atoms with Crippen molar-refractivity contribution in [1.82, 2.24) is 20.5 Å². The van der Waals surface area contributed by atoms with Crippen molar-refractivity contribution in [2.75, 3.05) is 13.2 Å². The summed E-state index contributed by atoms with van der Waals surface area (Å²) in [5, 5.41) is 15.8. The summed E-state index contributed by atoms with van der Waals surface area (Å²) in [4.78, 5) is 41.3. The van der Waals surface area contributed by atoms with Gasteiger partial charge in [0, 0.05) is 30.1 Å². The number of para-hydroxylation sites is 1. The largest absolute Gasteiger partial charge is 0.394 e. The molecule has 8 nitrogen and oxygen atoms in total. The van der Waals surface area contributed by atoms with E-state index >= 15 is 0 Å². The molecular formula is C21H28N4O4. The van der Waals surface area contributed by atoms with E-state index in [2.05, 4.69) is 15.6 Å². The maximum absolute atomic E-state index is 12.6. The minimum absolute atomic E-state index is 0.107. The maximum Gasteiger partial charge on any atom is 0.324 e. The van der Waals surface area contributed by atoms with E-state index in [-0.39, 0.29) is 49.8 Å². The summed E-state index contributed by atoms with van der Waals surface area (Å²) in [5.74, 6) is -0.431. The van der Waals surface area contributed by atoms with Crippen molar-refractivity contribution >= 4 is 28.7 Å². The van der Waals surface area contributed by atoms with Crippen LogP contribution in [0.25, 0.3) is 10.9 Å². The molecule has 4 amide bonds. The first-order chi connectivity index (χ1) is 13.9. The van der Waals surface area contributed by atoms with Gasteiger partial charge in [0.25, 0.3) is 5.91 Å². The molecule has 156 valence electrons. The number of imide groups is 1. The molecule has 29 heavy (non-hydrogen) atoms. The van der Waals surface area contributed by atoms with Crippen LogP contribution < -0.4 is 10.6 Å². The molecule has 8 heteroatoms. The molecule has 0 saturated carbocycles. The molecule has 0 unspecified atom stereocenters. The molecule has 1 aromatic heterocycles. The van der Waals surface area contributed by atoms with Crippen molar-refractivity contribution in [2.24, 2.45) is 5.92 Å². The Kier molecular flexibility index (Phi) is 6.53. The molecule has 1 saturated heterocycles. The molecule has 0 spiro atoms. The third-order valence-corrected chi connectivity index (χ3v) is 5.39. The third kappa shape index (κ3) is 4.76. The number of aromatic amines is 1. The SMILES string of the molecule is CC(C)[C@H](CO)NC(=O)CC[C@@H]1NC(=O)N(CCc2c[nH]c3ccccc23)C1=O. The summed E-state index contributed by atoms with van der Waals surface area (Å²) in [6, 6.07) is 6.46. The first-order valence-corrected chi connectivity index (χ1v) is 9.97. The Labute approximate surface area is 169 Å². The van der Waals surface area contributed by atoms with Gasteiger partial charge in [0.1, 0.15) is 6.04 Å². The summed E-state index contributed by atoms with van der Waals surface area (Å²) in [5.41, 5.74) is 2.07. The monoisotopic (exact) mass is 400 g/mol. The van der Waals surface area contributed by atoms with E-state index in [1.54, 1.807) is 0 Å². The van der Waals surface area contributed by atoms with Crippen molar-refractivity contribution in [3.63, 3.8) is 0 Å². The molecule has 0 bridgehead atoms. The number of carbonyl (C=O) groups is 3. The van der Waals surface area contributed by atoms with Gasteiger partial charge in [0.05, 0.1) is 12.6 Å². The molecule has 1 fully saturated rings. The highest BCUT2D eigenvalue weighted by molar-refractivity contribution is 6.04. The molecule has 2 heterocycles. The van der Waals surface area contributed by atoms with Crippen LogP contribution in [-0.4, -0.2) is 58.1 Å². The predicted molar refractivity (Wildman–Crippen MR) is 109 cm³/mol. The van der Waals surface area contributed by atoms with Crippen LogP contribution in [0.3, 0.4) is 0 Å². The first-order valence-electron chi connectivity index (χ1n) is 9.97. The molecular weight excluding hydrogens is 372 g/mol. The van der Waals surface area contributed by atoms with Crippen LogP contribution in [0.2, 0.25) is 0 Å². The van der Waals surface area contributed by atoms with E-state index in [9.17, 15) is 19.5 Å². The van der Waals surface area contributed by atoms with Gasteiger partial charge in [-0.25, -0.2) is 4.79 Å². The van der Waals surface area contributed by atoms with Crippen LogP contribution in [0.1, 0.15) is 32.3 Å². The number of rotatable bonds is 9. The van der Waals surface area contributed by atoms with Gasteiger partial charge in [-0.2, -0.15) is 0 Å². The predicted octanol–water partition coefficient (Wildman–Crippen LogP) is 1.54. The lowest BCUT2D eigenvalue weighted by molar-refractivity contribution is -0.127. The van der Waals surface area contributed by atoms with Gasteiger partial charge in [-0.05, 0) is 30.4 Å². The summed E-state index contributed by atoms with van der Waals surface area (Å²) < 4.78 is 0. The number of amides is 4. The van der Waals surface area contributed by atoms with Crippen LogP contribution in [0.4, 0.5) is 4.79 Å². The highest BCUT2D eigenvalue weighted by Crippen LogP contribution is 2.19. The van der Waals surface area contributed by atoms with E-state index in [1.807, 2.05) is 44.3 Å². The average molecular weight is 400 g/mol. The number of aliphatic hydroxyl groups is 1. The van der Waals surface area contributed by atoms with Crippen LogP contribution >= 0.6 is 0 Å². The lowest BCUT2D eigenvalue weighted by Gasteiger charge is -2.20. The van der Waals surface area contributed by atoms with Gasteiger partial charge in [-0.15, -0.1) is 0 Å². The fraction of sp³-hybridized carbons (Fsp3) is 0.476. The number of hydrogen-bond acceptors (Lipinski definition) is 4. The number of hydrogen-bond donors (Lipinski definition) is 4. The Hall–Kier alpha value is -2.87. The van der Waals surface area contributed by atoms with Gasteiger partial charge < -0.3 is 20.7 Å². The zero-order chi connectivity index (χ0) is 21.0. The standard InChI is InChI=1S/C21H28N4O4/c1-13(2)18(12-26)23-19(27)8-7-17-20(28)25(21(29)24-17)10-9-14-11-22-16-6-4-3-5-15(14)16/h3-6,11,13,17-18,22,26H,7-10,12H2,1-2H3,(H,23,27)(H,24,29)/t17-,18-/m0/s1. The first kappa shape index (κ1) is 20.9. The zero-order valence-electron chi connectivity index (χ0n) is 16.8. The Morgan fingerprint density at radius 1 is 1.28 bits per heavy atom. The smallest absolute Gasteiger partial charge is 0.324 e. The Morgan fingerprint density at radius 3 is 2.76 bits per heavy atom. The minimum atomic E-state index is -0.692. The molecule has 1 aromatic carbocycles. The summed E-state index contributed by atoms with van der Waals surface area (Å²) in [6.07, 6.45) is 2.80. The molecule has 0 aliphatic carbocycles. The Balaban J connectivity index is 1.52. The number of urea groups is 1. The number of H-pyrrole nitrogens is 1. The zero-order valence-corrected chi connectivity index (χ0v) is 16.8. The molecule has 1 aliphatic heterocycles. The number of benzene rings is 1. The number of nitrogens with zero attached hydrogens (tertiary/aromatic N) is 1. The Bertz CT molecular complexity index is 892. The summed E-state index contributed by atoms with van der Waals surface area (Å²) in [6.45, 7) is 3.97. The van der Waals surface area contributed by atoms with E-state index in [4.69, 9.17) is 0 Å². The van der Waals surface area contributed by atoms with E-state index in [0.717, 1.165) is 16.5 Å². The second kappa shape index (κ2) is 9.09. The summed E-state index contributed by atoms with van der Waals surface area (Å²) in [7, 11) is 0. The lowest BCUT2D eigenvalue weighted by atomic mass is 10.0. The normalized spacial score (nSPS) is 17.8.